The Labute approximate surface area is 152 Å². The number of unbranched alkanes of at least 4 members (excludes halogenated alkanes) is 3. The molecular formula is C18H24N2O6. The van der Waals surface area contributed by atoms with E-state index < -0.39 is 28.1 Å². The SMILES string of the molecule is CC=C(C(=O)OC(CCCCCC)C([N+](=O)[O-])[N+](=O)[O-])c1ccccc1. The maximum Gasteiger partial charge on any atom is 0.486 e. The lowest BCUT2D eigenvalue weighted by Crippen LogP contribution is -2.43. The number of allylic oxidation sites excluding steroid dienone is 1. The minimum Gasteiger partial charge on any atom is -0.443 e. The summed E-state index contributed by atoms with van der Waals surface area (Å²) < 4.78 is 5.23. The fourth-order valence-electron chi connectivity index (χ4n) is 2.61. The van der Waals surface area contributed by atoms with Gasteiger partial charge >= 0.3 is 12.1 Å². The molecule has 1 atom stereocenters. The van der Waals surface area contributed by atoms with Crippen molar-refractivity contribution in [2.75, 3.05) is 0 Å². The number of nitrogens with zero attached hydrogens (tertiary/aromatic N) is 2. The number of hydrogen-bond donors (Lipinski definition) is 0. The molecule has 26 heavy (non-hydrogen) atoms. The Kier molecular flexibility index (Phi) is 8.97. The lowest BCUT2D eigenvalue weighted by molar-refractivity contribution is -0.751. The van der Waals surface area contributed by atoms with Crippen molar-refractivity contribution in [3.8, 4) is 0 Å². The molecule has 1 aromatic carbocycles. The van der Waals surface area contributed by atoms with E-state index in [1.807, 2.05) is 6.92 Å². The van der Waals surface area contributed by atoms with Crippen molar-refractivity contribution < 1.29 is 19.4 Å². The molecule has 0 spiro atoms. The van der Waals surface area contributed by atoms with Crippen LogP contribution in [-0.2, 0) is 9.53 Å². The van der Waals surface area contributed by atoms with Crippen LogP contribution in [0.5, 0.6) is 0 Å². The van der Waals surface area contributed by atoms with E-state index >= 15 is 0 Å². The predicted molar refractivity (Wildman–Crippen MR) is 96.5 cm³/mol. The monoisotopic (exact) mass is 364 g/mol. The van der Waals surface area contributed by atoms with Crippen LogP contribution in [0, 0.1) is 20.2 Å². The highest BCUT2D eigenvalue weighted by Crippen LogP contribution is 2.20. The Morgan fingerprint density at radius 1 is 1.12 bits per heavy atom. The number of carbonyl (C=O) groups excluding carboxylic acids is 1. The van der Waals surface area contributed by atoms with Gasteiger partial charge in [-0.2, -0.15) is 0 Å². The summed E-state index contributed by atoms with van der Waals surface area (Å²) in [4.78, 5) is 32.7. The molecule has 0 aromatic heterocycles. The van der Waals surface area contributed by atoms with Crippen LogP contribution in [0.2, 0.25) is 0 Å². The quantitative estimate of drug-likeness (QED) is 0.147. The smallest absolute Gasteiger partial charge is 0.443 e. The van der Waals surface area contributed by atoms with Crippen LogP contribution < -0.4 is 0 Å². The molecule has 0 saturated carbocycles. The van der Waals surface area contributed by atoms with Gasteiger partial charge < -0.3 is 4.74 Å². The van der Waals surface area contributed by atoms with Gasteiger partial charge in [-0.1, -0.05) is 62.6 Å². The average molecular weight is 364 g/mol. The van der Waals surface area contributed by atoms with Gasteiger partial charge in [-0.3, -0.25) is 20.2 Å². The number of nitro groups is 2. The van der Waals surface area contributed by atoms with Gasteiger partial charge in [0.05, 0.1) is 15.4 Å². The van der Waals surface area contributed by atoms with Crippen LogP contribution >= 0.6 is 0 Å². The zero-order valence-corrected chi connectivity index (χ0v) is 15.0. The van der Waals surface area contributed by atoms with Crippen LogP contribution in [0.1, 0.15) is 51.5 Å². The second-order valence-corrected chi connectivity index (χ2v) is 5.85. The van der Waals surface area contributed by atoms with Gasteiger partial charge in [0.25, 0.3) is 0 Å². The lowest BCUT2D eigenvalue weighted by Gasteiger charge is -2.17. The summed E-state index contributed by atoms with van der Waals surface area (Å²) in [6, 6.07) is 8.67. The molecule has 142 valence electrons. The predicted octanol–water partition coefficient (Wildman–Crippen LogP) is 3.85. The maximum absolute atomic E-state index is 12.5. The molecule has 0 amide bonds. The highest BCUT2D eigenvalue weighted by atomic mass is 16.7. The van der Waals surface area contributed by atoms with Crippen molar-refractivity contribution in [1.29, 1.82) is 0 Å². The van der Waals surface area contributed by atoms with Gasteiger partial charge in [0.15, 0.2) is 0 Å². The Morgan fingerprint density at radius 2 is 1.73 bits per heavy atom. The molecule has 0 bridgehead atoms. The van der Waals surface area contributed by atoms with Gasteiger partial charge in [-0.15, -0.1) is 0 Å². The fourth-order valence-corrected chi connectivity index (χ4v) is 2.61. The minimum absolute atomic E-state index is 0.0736. The largest absolute Gasteiger partial charge is 0.486 e. The van der Waals surface area contributed by atoms with E-state index in [9.17, 15) is 25.0 Å². The average Bonchev–Trinajstić information content (AvgIpc) is 2.59. The maximum atomic E-state index is 12.5. The first-order valence-corrected chi connectivity index (χ1v) is 8.62. The Bertz CT molecular complexity index is 630. The van der Waals surface area contributed by atoms with Gasteiger partial charge in [0.2, 0.25) is 6.10 Å². The van der Waals surface area contributed by atoms with Crippen LogP contribution in [0.4, 0.5) is 0 Å². The van der Waals surface area contributed by atoms with Gasteiger partial charge in [-0.05, 0) is 25.3 Å². The molecule has 1 unspecified atom stereocenters. The highest BCUT2D eigenvalue weighted by Gasteiger charge is 2.45. The Morgan fingerprint density at radius 3 is 2.23 bits per heavy atom. The molecule has 0 fully saturated rings. The molecule has 0 N–H and O–H groups in total. The minimum atomic E-state index is -2.17. The third-order valence-electron chi connectivity index (χ3n) is 3.96. The van der Waals surface area contributed by atoms with E-state index in [0.717, 1.165) is 19.3 Å². The van der Waals surface area contributed by atoms with Gasteiger partial charge in [0, 0.05) is 0 Å². The van der Waals surface area contributed by atoms with Crippen molar-refractivity contribution in [1.82, 2.24) is 0 Å². The summed E-state index contributed by atoms with van der Waals surface area (Å²) >= 11 is 0. The van der Waals surface area contributed by atoms with Crippen molar-refractivity contribution >= 4 is 11.5 Å². The first-order valence-electron chi connectivity index (χ1n) is 8.62. The second kappa shape index (κ2) is 11.0. The summed E-state index contributed by atoms with van der Waals surface area (Å²) in [6.45, 7) is 3.64. The number of ether oxygens (including phenoxy) is 1. The summed E-state index contributed by atoms with van der Waals surface area (Å²) in [5.41, 5.74) is 0.804. The van der Waals surface area contributed by atoms with Crippen molar-refractivity contribution in [3.05, 3.63) is 62.2 Å². The molecule has 0 saturated heterocycles. The molecule has 1 aromatic rings. The second-order valence-electron chi connectivity index (χ2n) is 5.85. The molecule has 8 heteroatoms. The lowest BCUT2D eigenvalue weighted by atomic mass is 10.0. The van der Waals surface area contributed by atoms with Crippen LogP contribution in [0.15, 0.2) is 36.4 Å². The third kappa shape index (κ3) is 6.27. The number of hydrogen-bond acceptors (Lipinski definition) is 6. The van der Waals surface area contributed by atoms with Crippen LogP contribution in [-0.4, -0.2) is 28.1 Å². The van der Waals surface area contributed by atoms with Crippen LogP contribution in [0.3, 0.4) is 0 Å². The number of benzene rings is 1. The zero-order chi connectivity index (χ0) is 19.5. The summed E-state index contributed by atoms with van der Waals surface area (Å²) in [5.74, 6) is -0.798. The summed E-state index contributed by atoms with van der Waals surface area (Å²) in [7, 11) is 0. The van der Waals surface area contributed by atoms with Crippen molar-refractivity contribution in [3.63, 3.8) is 0 Å². The molecule has 0 radical (unpaired) electrons. The standard InChI is InChI=1S/C18H24N2O6/c1-3-5-6-10-13-16(17(19(22)23)20(24)25)26-18(21)15(4-2)14-11-8-7-9-12-14/h4,7-9,11-12,16-17H,3,5-6,10,13H2,1-2H3. The summed E-state index contributed by atoms with van der Waals surface area (Å²) in [5, 5.41) is 22.2. The fraction of sp³-hybridized carbons (Fsp3) is 0.500. The van der Waals surface area contributed by atoms with E-state index in [1.165, 1.54) is 6.08 Å². The Hall–Kier alpha value is -2.77. The topological polar surface area (TPSA) is 113 Å². The first kappa shape index (κ1) is 21.3. The molecule has 8 nitrogen and oxygen atoms in total. The normalized spacial score (nSPS) is 12.7. The van der Waals surface area contributed by atoms with E-state index in [-0.39, 0.29) is 12.0 Å². The summed E-state index contributed by atoms with van der Waals surface area (Å²) in [6.07, 6.45) is 1.16. The van der Waals surface area contributed by atoms with E-state index in [1.54, 1.807) is 37.3 Å². The number of rotatable bonds is 11. The highest BCUT2D eigenvalue weighted by molar-refractivity contribution is 6.16. The molecular weight excluding hydrogens is 340 g/mol. The van der Waals surface area contributed by atoms with E-state index in [2.05, 4.69) is 0 Å². The zero-order valence-electron chi connectivity index (χ0n) is 15.0. The molecule has 0 aliphatic heterocycles. The van der Waals surface area contributed by atoms with Crippen molar-refractivity contribution in [2.24, 2.45) is 0 Å². The molecule has 1 rings (SSSR count). The van der Waals surface area contributed by atoms with Gasteiger partial charge in [0.1, 0.15) is 0 Å². The Balaban J connectivity index is 2.96. The van der Waals surface area contributed by atoms with E-state index in [0.29, 0.717) is 12.0 Å². The number of carbonyl (C=O) groups is 1. The van der Waals surface area contributed by atoms with Crippen LogP contribution in [0.25, 0.3) is 5.57 Å². The molecule has 0 heterocycles. The molecule has 0 aliphatic rings. The molecule has 0 aliphatic carbocycles. The third-order valence-corrected chi connectivity index (χ3v) is 3.96. The van der Waals surface area contributed by atoms with Crippen molar-refractivity contribution in [2.45, 2.75) is 58.2 Å². The first-order chi connectivity index (χ1) is 12.4. The number of esters is 1. The van der Waals surface area contributed by atoms with Gasteiger partial charge in [-0.25, -0.2) is 4.79 Å². The van der Waals surface area contributed by atoms with E-state index in [4.69, 9.17) is 4.74 Å².